The molecule has 47 heavy (non-hydrogen) atoms. The number of nitrogens with zero attached hydrogens (tertiary/aromatic N) is 4. The van der Waals surface area contributed by atoms with E-state index in [0.717, 1.165) is 54.6 Å². The first-order valence-corrected chi connectivity index (χ1v) is 16.4. The van der Waals surface area contributed by atoms with Crippen molar-refractivity contribution in [1.29, 1.82) is 0 Å². The lowest BCUT2D eigenvalue weighted by Crippen LogP contribution is -2.51. The number of carbonyl (C=O) groups is 4. The highest BCUT2D eigenvalue weighted by molar-refractivity contribution is 5.96. The number of rotatable bonds is 14. The molecule has 1 aromatic carbocycles. The van der Waals surface area contributed by atoms with Gasteiger partial charge in [0.1, 0.15) is 23.4 Å². The predicted octanol–water partition coefficient (Wildman–Crippen LogP) is 3.21. The maximum atomic E-state index is 13.4. The molecule has 4 amide bonds. The van der Waals surface area contributed by atoms with Gasteiger partial charge in [0.05, 0.1) is 12.2 Å². The molecule has 1 fully saturated rings. The zero-order valence-corrected chi connectivity index (χ0v) is 27.1. The zero-order valence-electron chi connectivity index (χ0n) is 27.1. The molecule has 1 aliphatic carbocycles. The van der Waals surface area contributed by atoms with Crippen molar-refractivity contribution in [3.05, 3.63) is 89.6 Å². The summed E-state index contributed by atoms with van der Waals surface area (Å²) in [4.78, 5) is 56.2. The molecule has 0 radical (unpaired) electrons. The molecular formula is C35H44N8O4. The van der Waals surface area contributed by atoms with E-state index in [9.17, 15) is 19.2 Å². The molecule has 4 N–H and O–H groups in total. The van der Waals surface area contributed by atoms with Crippen LogP contribution in [0, 0.1) is 5.92 Å². The van der Waals surface area contributed by atoms with Gasteiger partial charge in [0, 0.05) is 38.6 Å². The van der Waals surface area contributed by atoms with Gasteiger partial charge in [-0.25, -0.2) is 4.98 Å². The molecule has 0 aliphatic heterocycles. The lowest BCUT2D eigenvalue weighted by molar-refractivity contribution is -0.129. The van der Waals surface area contributed by atoms with Crippen molar-refractivity contribution >= 4 is 29.3 Å². The molecule has 0 saturated heterocycles. The van der Waals surface area contributed by atoms with Crippen molar-refractivity contribution < 1.29 is 19.2 Å². The minimum absolute atomic E-state index is 0.0844. The van der Waals surface area contributed by atoms with E-state index in [-0.39, 0.29) is 42.5 Å². The van der Waals surface area contributed by atoms with Crippen LogP contribution in [-0.4, -0.2) is 54.9 Å². The van der Waals surface area contributed by atoms with Gasteiger partial charge in [0.2, 0.25) is 17.7 Å². The lowest BCUT2D eigenvalue weighted by Gasteiger charge is -2.30. The molecule has 4 aromatic rings. The molecule has 12 heteroatoms. The van der Waals surface area contributed by atoms with Crippen LogP contribution in [0.2, 0.25) is 0 Å². The summed E-state index contributed by atoms with van der Waals surface area (Å²) in [6, 6.07) is 13.9. The molecule has 0 spiro atoms. The highest BCUT2D eigenvalue weighted by Gasteiger charge is 2.31. The molecule has 3 aromatic heterocycles. The number of benzene rings is 1. The summed E-state index contributed by atoms with van der Waals surface area (Å²) in [6.07, 6.45) is 11.7. The Morgan fingerprint density at radius 1 is 0.894 bits per heavy atom. The summed E-state index contributed by atoms with van der Waals surface area (Å²) >= 11 is 0. The quantitative estimate of drug-likeness (QED) is 0.166. The standard InChI is InChI=1S/C35H44N8O4/c1-3-31(44)40-28(33(45)37-22-27-23-43-20-8-7-11-30(43)39-27)17-16-24-12-14-25(15-13-24)21-36-35(47)32(26-9-5-4-6-10-26)41-34(46)29-18-19-38-42(29)2/h7-8,11-15,18-20,23,26,28,32H,3-6,9-10,16-17,21-22H2,1-2H3,(H,36,47)(H,37,45)(H,40,44)(H,41,46)/t28-,32+/m1/s1. The monoisotopic (exact) mass is 640 g/mol. The van der Waals surface area contributed by atoms with Crippen LogP contribution in [0.5, 0.6) is 0 Å². The van der Waals surface area contributed by atoms with E-state index in [2.05, 4.69) is 31.3 Å². The summed E-state index contributed by atoms with van der Waals surface area (Å²) in [5, 5.41) is 15.8. The Morgan fingerprint density at radius 3 is 2.34 bits per heavy atom. The summed E-state index contributed by atoms with van der Waals surface area (Å²) in [7, 11) is 1.70. The Morgan fingerprint density at radius 2 is 1.64 bits per heavy atom. The lowest BCUT2D eigenvalue weighted by atomic mass is 9.83. The van der Waals surface area contributed by atoms with Gasteiger partial charge < -0.3 is 25.7 Å². The SMILES string of the molecule is CCC(=O)N[C@H](CCc1ccc(CNC(=O)[C@@H](NC(=O)c2ccnn2C)C2CCCCC2)cc1)C(=O)NCc1cn2ccccc2n1. The molecule has 5 rings (SSSR count). The van der Waals surface area contributed by atoms with Gasteiger partial charge in [0.25, 0.3) is 5.91 Å². The number of imidazole rings is 1. The summed E-state index contributed by atoms with van der Waals surface area (Å²) < 4.78 is 3.39. The molecule has 12 nitrogen and oxygen atoms in total. The Balaban J connectivity index is 1.14. The van der Waals surface area contributed by atoms with E-state index in [0.29, 0.717) is 25.1 Å². The maximum absolute atomic E-state index is 13.4. The van der Waals surface area contributed by atoms with E-state index in [1.54, 1.807) is 26.2 Å². The van der Waals surface area contributed by atoms with Crippen LogP contribution in [-0.2, 0) is 40.9 Å². The normalized spacial score (nSPS) is 14.7. The van der Waals surface area contributed by atoms with E-state index in [1.165, 1.54) is 4.68 Å². The maximum Gasteiger partial charge on any atom is 0.270 e. The molecule has 2 atom stereocenters. The highest BCUT2D eigenvalue weighted by atomic mass is 16.2. The van der Waals surface area contributed by atoms with Crippen LogP contribution < -0.4 is 21.3 Å². The van der Waals surface area contributed by atoms with Crippen molar-refractivity contribution in [1.82, 2.24) is 40.4 Å². The average Bonchev–Trinajstić information content (AvgIpc) is 3.73. The first-order chi connectivity index (χ1) is 22.8. The third-order valence-electron chi connectivity index (χ3n) is 8.79. The number of aryl methyl sites for hydroxylation is 2. The summed E-state index contributed by atoms with van der Waals surface area (Å²) in [5.74, 6) is -0.864. The minimum atomic E-state index is -0.684. The van der Waals surface area contributed by atoms with Gasteiger partial charge in [-0.15, -0.1) is 0 Å². The van der Waals surface area contributed by atoms with E-state index >= 15 is 0 Å². The Kier molecular flexibility index (Phi) is 11.4. The largest absolute Gasteiger partial charge is 0.350 e. The van der Waals surface area contributed by atoms with Crippen LogP contribution >= 0.6 is 0 Å². The second kappa shape index (κ2) is 16.0. The van der Waals surface area contributed by atoms with Crippen LogP contribution in [0.4, 0.5) is 0 Å². The van der Waals surface area contributed by atoms with Gasteiger partial charge in [0.15, 0.2) is 0 Å². The van der Waals surface area contributed by atoms with Gasteiger partial charge in [-0.05, 0) is 60.9 Å². The van der Waals surface area contributed by atoms with Crippen molar-refractivity contribution in [2.75, 3.05) is 0 Å². The van der Waals surface area contributed by atoms with Crippen molar-refractivity contribution in [3.63, 3.8) is 0 Å². The zero-order chi connectivity index (χ0) is 33.2. The Hall–Kier alpha value is -5.00. The second-order valence-corrected chi connectivity index (χ2v) is 12.2. The van der Waals surface area contributed by atoms with E-state index < -0.39 is 12.1 Å². The van der Waals surface area contributed by atoms with Gasteiger partial charge in [-0.3, -0.25) is 23.9 Å². The van der Waals surface area contributed by atoms with Gasteiger partial charge in [-0.1, -0.05) is 56.5 Å². The molecule has 3 heterocycles. The molecular weight excluding hydrogens is 596 g/mol. The number of hydrogen-bond donors (Lipinski definition) is 4. The van der Waals surface area contributed by atoms with E-state index in [4.69, 9.17) is 0 Å². The highest BCUT2D eigenvalue weighted by Crippen LogP contribution is 2.27. The Bertz CT molecular complexity index is 1640. The number of hydrogen-bond acceptors (Lipinski definition) is 6. The van der Waals surface area contributed by atoms with Crippen LogP contribution in [0.25, 0.3) is 5.65 Å². The fraction of sp³-hybridized carbons (Fsp3) is 0.429. The van der Waals surface area contributed by atoms with Crippen LogP contribution in [0.1, 0.15) is 79.2 Å². The van der Waals surface area contributed by atoms with Gasteiger partial charge >= 0.3 is 0 Å². The third kappa shape index (κ3) is 9.05. The molecule has 1 saturated carbocycles. The predicted molar refractivity (Wildman–Crippen MR) is 177 cm³/mol. The fourth-order valence-electron chi connectivity index (χ4n) is 6.05. The topological polar surface area (TPSA) is 152 Å². The number of carbonyl (C=O) groups excluding carboxylic acids is 4. The van der Waals surface area contributed by atoms with Crippen molar-refractivity contribution in [3.8, 4) is 0 Å². The van der Waals surface area contributed by atoms with Crippen LogP contribution in [0.3, 0.4) is 0 Å². The molecule has 0 bridgehead atoms. The summed E-state index contributed by atoms with van der Waals surface area (Å²) in [6.45, 7) is 2.34. The second-order valence-electron chi connectivity index (χ2n) is 12.2. The van der Waals surface area contributed by atoms with Crippen molar-refractivity contribution in [2.45, 2.75) is 83.5 Å². The molecule has 1 aliphatic rings. The van der Waals surface area contributed by atoms with E-state index in [1.807, 2.05) is 59.3 Å². The Labute approximate surface area is 274 Å². The number of nitrogens with one attached hydrogen (secondary N) is 4. The fourth-order valence-corrected chi connectivity index (χ4v) is 6.05. The molecule has 0 unspecified atom stereocenters. The molecule has 248 valence electrons. The number of pyridine rings is 1. The number of fused-ring (bicyclic) bond motifs is 1. The smallest absolute Gasteiger partial charge is 0.270 e. The van der Waals surface area contributed by atoms with Crippen LogP contribution in [0.15, 0.2) is 67.1 Å². The van der Waals surface area contributed by atoms with Crippen molar-refractivity contribution in [2.24, 2.45) is 13.0 Å². The first-order valence-electron chi connectivity index (χ1n) is 16.4. The summed E-state index contributed by atoms with van der Waals surface area (Å²) in [5.41, 5.74) is 3.87. The minimum Gasteiger partial charge on any atom is -0.350 e. The number of amides is 4. The number of aromatic nitrogens is 4. The van der Waals surface area contributed by atoms with Gasteiger partial charge in [-0.2, -0.15) is 5.10 Å². The first kappa shape index (κ1) is 33.4. The average molecular weight is 641 g/mol. The third-order valence-corrected chi connectivity index (χ3v) is 8.79.